The highest BCUT2D eigenvalue weighted by Gasteiger charge is 2.26. The molecular formula is C40H66N4O4+2. The summed E-state index contributed by atoms with van der Waals surface area (Å²) < 4.78 is 1.53. The van der Waals surface area contributed by atoms with E-state index in [1.807, 2.05) is 0 Å². The van der Waals surface area contributed by atoms with Crippen LogP contribution in [-0.4, -0.2) is 110 Å². The lowest BCUT2D eigenvalue weighted by molar-refractivity contribution is -0.893. The molecule has 0 radical (unpaired) electrons. The summed E-state index contributed by atoms with van der Waals surface area (Å²) in [5, 5.41) is 46.1. The topological polar surface area (TPSA) is 117 Å². The van der Waals surface area contributed by atoms with E-state index in [1.165, 1.54) is 64.2 Å². The Hall–Kier alpha value is -2.78. The average molecular weight is 667 g/mol. The number of aliphatic imine (C=N–C) groups is 2. The molecule has 4 N–H and O–H groups in total. The molecule has 2 unspecified atom stereocenters. The van der Waals surface area contributed by atoms with Gasteiger partial charge in [-0.3, -0.25) is 9.98 Å². The Kier molecular flexibility index (Phi) is 16.0. The van der Waals surface area contributed by atoms with Crippen LogP contribution in [0.15, 0.2) is 46.4 Å². The van der Waals surface area contributed by atoms with Gasteiger partial charge >= 0.3 is 0 Å². The molecule has 268 valence electrons. The van der Waals surface area contributed by atoms with E-state index < -0.39 is 12.2 Å². The first-order valence-corrected chi connectivity index (χ1v) is 18.7. The Morgan fingerprint density at radius 2 is 0.938 bits per heavy atom. The molecule has 48 heavy (non-hydrogen) atoms. The van der Waals surface area contributed by atoms with Crippen LogP contribution < -0.4 is 10.2 Å². The summed E-state index contributed by atoms with van der Waals surface area (Å²) in [6, 6.07) is 6.95. The number of unbranched alkanes of at least 4 members (excludes halogenated alkanes) is 10. The van der Waals surface area contributed by atoms with Gasteiger partial charge in [-0.05, 0) is 48.6 Å². The highest BCUT2D eigenvalue weighted by molar-refractivity contribution is 6.30. The SMILES string of the molecule is CCCCCCCC[N+](C)(C)CC([OH2+])CN=C1C=CC(=NCC([OH2+])C[N+](C)(C)CCCCCCCC)c2c1c([O-])c1ccccc1c2[O-]. The Morgan fingerprint density at radius 3 is 1.31 bits per heavy atom. The molecule has 3 rings (SSSR count). The van der Waals surface area contributed by atoms with Crippen molar-refractivity contribution in [1.29, 1.82) is 0 Å². The van der Waals surface area contributed by atoms with Crippen molar-refractivity contribution in [2.75, 3.05) is 67.5 Å². The van der Waals surface area contributed by atoms with E-state index in [-0.39, 0.29) is 35.7 Å². The van der Waals surface area contributed by atoms with E-state index in [0.717, 1.165) is 34.9 Å². The largest absolute Gasteiger partial charge is 0.872 e. The van der Waals surface area contributed by atoms with E-state index >= 15 is 0 Å². The molecule has 0 aromatic heterocycles. The van der Waals surface area contributed by atoms with Gasteiger partial charge in [0, 0.05) is 11.1 Å². The molecule has 8 heteroatoms. The monoisotopic (exact) mass is 667 g/mol. The van der Waals surface area contributed by atoms with Crippen LogP contribution in [0.3, 0.4) is 0 Å². The lowest BCUT2D eigenvalue weighted by Crippen LogP contribution is -2.46. The van der Waals surface area contributed by atoms with Crippen LogP contribution in [0.4, 0.5) is 0 Å². The smallest absolute Gasteiger partial charge is 0.223 e. The minimum atomic E-state index is -0.427. The zero-order valence-electron chi connectivity index (χ0n) is 31.0. The van der Waals surface area contributed by atoms with Crippen molar-refractivity contribution in [3.63, 3.8) is 0 Å². The molecule has 0 saturated carbocycles. The second-order valence-corrected chi connectivity index (χ2v) is 15.4. The van der Waals surface area contributed by atoms with E-state index in [2.05, 4.69) is 42.0 Å². The first-order valence-electron chi connectivity index (χ1n) is 18.7. The van der Waals surface area contributed by atoms with Crippen molar-refractivity contribution in [2.45, 2.75) is 103 Å². The van der Waals surface area contributed by atoms with Gasteiger partial charge in [-0.1, -0.05) is 101 Å². The summed E-state index contributed by atoms with van der Waals surface area (Å²) >= 11 is 0. The van der Waals surface area contributed by atoms with Crippen molar-refractivity contribution in [2.24, 2.45) is 9.98 Å². The van der Waals surface area contributed by atoms with Crippen LogP contribution in [0.1, 0.15) is 102 Å². The lowest BCUT2D eigenvalue weighted by atomic mass is 9.88. The van der Waals surface area contributed by atoms with Crippen molar-refractivity contribution >= 4 is 22.2 Å². The van der Waals surface area contributed by atoms with Gasteiger partial charge in [0.15, 0.2) is 13.1 Å². The van der Waals surface area contributed by atoms with Crippen LogP contribution in [-0.2, 0) is 0 Å². The molecule has 0 fully saturated rings. The van der Waals surface area contributed by atoms with E-state index in [0.29, 0.717) is 35.3 Å². The maximum Gasteiger partial charge on any atom is 0.223 e. The number of rotatable bonds is 22. The summed E-state index contributed by atoms with van der Waals surface area (Å²) in [7, 11) is 8.72. The molecule has 8 nitrogen and oxygen atoms in total. The fourth-order valence-corrected chi connectivity index (χ4v) is 7.00. The molecule has 0 spiro atoms. The van der Waals surface area contributed by atoms with Gasteiger partial charge in [0.1, 0.15) is 13.1 Å². The second kappa shape index (κ2) is 19.4. The molecule has 0 bridgehead atoms. The van der Waals surface area contributed by atoms with E-state index in [4.69, 9.17) is 20.2 Å². The van der Waals surface area contributed by atoms with E-state index in [1.54, 1.807) is 36.4 Å². The van der Waals surface area contributed by atoms with Crippen molar-refractivity contribution in [1.82, 2.24) is 0 Å². The molecule has 0 heterocycles. The quantitative estimate of drug-likeness (QED) is 0.0977. The minimum absolute atomic E-state index is 0.226. The Bertz CT molecular complexity index is 1280. The molecule has 2 aromatic carbocycles. The number of hydrogen-bond acceptors (Lipinski definition) is 4. The molecule has 2 aromatic rings. The van der Waals surface area contributed by atoms with Gasteiger partial charge in [0.2, 0.25) is 12.2 Å². The maximum atomic E-state index is 13.9. The standard InChI is InChI=1S/C40H64N4O4/c1-7-9-11-13-15-19-25-43(3,4)29-31(45)27-41-35-23-24-36(38-37(35)39(47)33-21-17-18-22-34(33)40(38)48)42-28-32(46)30-44(5,6)26-20-16-14-12-10-8-2/h17-18,21-24,31-32,45-46H,7-16,19-20,25-30H2,1-6H3/p+2. The molecule has 1 aliphatic carbocycles. The van der Waals surface area contributed by atoms with Crippen LogP contribution in [0.2, 0.25) is 0 Å². The highest BCUT2D eigenvalue weighted by Crippen LogP contribution is 2.39. The first kappa shape index (κ1) is 39.7. The summed E-state index contributed by atoms with van der Waals surface area (Å²) in [6.45, 7) is 8.38. The Labute approximate surface area is 290 Å². The number of fused-ring (bicyclic) bond motifs is 2. The third kappa shape index (κ3) is 12.3. The lowest BCUT2D eigenvalue weighted by Gasteiger charge is -2.31. The van der Waals surface area contributed by atoms with Gasteiger partial charge in [0.25, 0.3) is 0 Å². The van der Waals surface area contributed by atoms with E-state index in [9.17, 15) is 10.2 Å². The molecule has 0 amide bonds. The number of quaternary nitrogens is 2. The van der Waals surface area contributed by atoms with Crippen LogP contribution in [0, 0.1) is 0 Å². The Morgan fingerprint density at radius 1 is 0.583 bits per heavy atom. The fraction of sp³-hybridized carbons (Fsp3) is 0.650. The minimum Gasteiger partial charge on any atom is -0.872 e. The molecule has 0 saturated heterocycles. The number of benzene rings is 2. The zero-order chi connectivity index (χ0) is 35.2. The normalized spacial score (nSPS) is 16.6. The number of allylic oxidation sites excluding steroid dienone is 2. The zero-order valence-corrected chi connectivity index (χ0v) is 31.0. The predicted molar refractivity (Wildman–Crippen MR) is 200 cm³/mol. The first-order chi connectivity index (χ1) is 22.9. The third-order valence-electron chi connectivity index (χ3n) is 9.66. The third-order valence-corrected chi connectivity index (χ3v) is 9.66. The predicted octanol–water partition coefficient (Wildman–Crippen LogP) is 5.20. The molecule has 1 aliphatic rings. The maximum absolute atomic E-state index is 13.9. The average Bonchev–Trinajstić information content (AvgIpc) is 3.04. The van der Waals surface area contributed by atoms with Gasteiger partial charge in [-0.15, -0.1) is 0 Å². The second-order valence-electron chi connectivity index (χ2n) is 15.4. The summed E-state index contributed by atoms with van der Waals surface area (Å²) in [5.41, 5.74) is 1.48. The van der Waals surface area contributed by atoms with Crippen molar-refractivity contribution < 1.29 is 29.4 Å². The van der Waals surface area contributed by atoms with Gasteiger partial charge in [-0.25, -0.2) is 0 Å². The Balaban J connectivity index is 1.75. The van der Waals surface area contributed by atoms with Crippen LogP contribution in [0.5, 0.6) is 11.5 Å². The van der Waals surface area contributed by atoms with Gasteiger partial charge < -0.3 is 29.4 Å². The van der Waals surface area contributed by atoms with Crippen molar-refractivity contribution in [3.05, 3.63) is 47.5 Å². The van der Waals surface area contributed by atoms with Crippen LogP contribution in [0.25, 0.3) is 10.8 Å². The summed E-state index contributed by atoms with van der Waals surface area (Å²) in [4.78, 5) is 9.55. The highest BCUT2D eigenvalue weighted by atomic mass is 16.3. The summed E-state index contributed by atoms with van der Waals surface area (Å²) in [5.74, 6) is -0.452. The summed E-state index contributed by atoms with van der Waals surface area (Å²) in [6.07, 6.45) is 17.7. The number of likely N-dealkylation sites (N-methyl/N-ethyl adjacent to an activating group) is 2. The molecule has 0 aliphatic heterocycles. The van der Waals surface area contributed by atoms with Crippen molar-refractivity contribution in [3.8, 4) is 11.5 Å². The van der Waals surface area contributed by atoms with Gasteiger partial charge in [-0.2, -0.15) is 0 Å². The van der Waals surface area contributed by atoms with Crippen LogP contribution >= 0.6 is 0 Å². The molecule has 2 atom stereocenters. The fourth-order valence-electron chi connectivity index (χ4n) is 7.00. The number of nitrogens with zero attached hydrogens (tertiary/aromatic N) is 4. The van der Waals surface area contributed by atoms with Gasteiger partial charge in [0.05, 0.1) is 52.7 Å². The molecular weight excluding hydrogens is 600 g/mol. The number of hydrogen-bond donors (Lipinski definition) is 0.